The quantitative estimate of drug-likeness (QED) is 0.777. The average Bonchev–Trinajstić information content (AvgIpc) is 3.02. The molecule has 1 amide bonds. The van der Waals surface area contributed by atoms with Crippen LogP contribution >= 0.6 is 11.8 Å². The molecule has 2 heterocycles. The summed E-state index contributed by atoms with van der Waals surface area (Å²) >= 11 is 1.90. The number of likely N-dealkylation sites (tertiary alicyclic amines) is 1. The Morgan fingerprint density at radius 3 is 2.95 bits per heavy atom. The first-order valence-corrected chi connectivity index (χ1v) is 7.23. The molecule has 100 valence electrons. The summed E-state index contributed by atoms with van der Waals surface area (Å²) in [4.78, 5) is 13.8. The first kappa shape index (κ1) is 12.7. The smallest absolute Gasteiger partial charge is 0.246 e. The number of halogens is 2. The molecule has 3 rings (SSSR count). The lowest BCUT2D eigenvalue weighted by Crippen LogP contribution is -2.38. The molecule has 0 saturated carbocycles. The highest BCUT2D eigenvalue weighted by molar-refractivity contribution is 8.00. The number of amides is 1. The molecule has 0 spiro atoms. The maximum atomic E-state index is 13.4. The third-order valence-electron chi connectivity index (χ3n) is 3.55. The highest BCUT2D eigenvalue weighted by Crippen LogP contribution is 2.37. The molecule has 2 aliphatic heterocycles. The SMILES string of the molecule is O=C(/C=C/c1cc(F)ccc1F)N1CC2CC1CS2. The largest absolute Gasteiger partial charge is 0.334 e. The minimum absolute atomic E-state index is 0.104. The lowest BCUT2D eigenvalue weighted by molar-refractivity contribution is -0.126. The van der Waals surface area contributed by atoms with Gasteiger partial charge >= 0.3 is 0 Å². The number of fused-ring (bicyclic) bond motifs is 2. The first-order valence-electron chi connectivity index (χ1n) is 6.19. The zero-order valence-corrected chi connectivity index (χ0v) is 11.0. The van der Waals surface area contributed by atoms with Gasteiger partial charge in [0.25, 0.3) is 0 Å². The van der Waals surface area contributed by atoms with Crippen molar-refractivity contribution in [2.24, 2.45) is 0 Å². The highest BCUT2D eigenvalue weighted by Gasteiger charge is 2.40. The van der Waals surface area contributed by atoms with Crippen LogP contribution in [0.15, 0.2) is 24.3 Å². The number of hydrogen-bond acceptors (Lipinski definition) is 2. The number of thioether (sulfide) groups is 1. The van der Waals surface area contributed by atoms with Gasteiger partial charge in [-0.15, -0.1) is 0 Å². The molecular formula is C14H13F2NOS. The molecule has 2 saturated heterocycles. The Morgan fingerprint density at radius 1 is 1.42 bits per heavy atom. The van der Waals surface area contributed by atoms with Crippen molar-refractivity contribution in [2.75, 3.05) is 12.3 Å². The second kappa shape index (κ2) is 4.96. The van der Waals surface area contributed by atoms with Crippen molar-refractivity contribution >= 4 is 23.7 Å². The Bertz CT molecular complexity index is 546. The van der Waals surface area contributed by atoms with E-state index in [0.29, 0.717) is 11.3 Å². The molecule has 1 aromatic rings. The van der Waals surface area contributed by atoms with Crippen molar-refractivity contribution in [3.05, 3.63) is 41.5 Å². The number of benzene rings is 1. The van der Waals surface area contributed by atoms with E-state index in [-0.39, 0.29) is 11.5 Å². The van der Waals surface area contributed by atoms with Crippen molar-refractivity contribution in [1.29, 1.82) is 0 Å². The van der Waals surface area contributed by atoms with Crippen molar-refractivity contribution in [3.8, 4) is 0 Å². The van der Waals surface area contributed by atoms with Gasteiger partial charge in [-0.25, -0.2) is 8.78 Å². The van der Waals surface area contributed by atoms with Gasteiger partial charge in [-0.05, 0) is 30.7 Å². The fourth-order valence-corrected chi connectivity index (χ4v) is 4.00. The molecule has 19 heavy (non-hydrogen) atoms. The molecule has 2 aliphatic rings. The fourth-order valence-electron chi connectivity index (χ4n) is 2.57. The molecule has 5 heteroatoms. The first-order chi connectivity index (χ1) is 9.13. The number of rotatable bonds is 2. The standard InChI is InChI=1S/C14H13F2NOS/c15-10-2-3-13(16)9(5-10)1-4-14(18)17-7-12-6-11(17)8-19-12/h1-5,11-12H,6-8H2/b4-1+. The maximum absolute atomic E-state index is 13.4. The molecule has 2 nitrogen and oxygen atoms in total. The van der Waals surface area contributed by atoms with Crippen LogP contribution in [0.3, 0.4) is 0 Å². The van der Waals surface area contributed by atoms with Gasteiger partial charge in [0.15, 0.2) is 0 Å². The lowest BCUT2D eigenvalue weighted by atomic mass is 10.2. The molecule has 0 N–H and O–H groups in total. The second-order valence-corrected chi connectivity index (χ2v) is 6.17. The summed E-state index contributed by atoms with van der Waals surface area (Å²) in [6.07, 6.45) is 3.74. The van der Waals surface area contributed by atoms with Gasteiger partial charge in [-0.1, -0.05) is 0 Å². The summed E-state index contributed by atoms with van der Waals surface area (Å²) in [7, 11) is 0. The van der Waals surface area contributed by atoms with Crippen LogP contribution in [0.25, 0.3) is 6.08 Å². The van der Waals surface area contributed by atoms with Crippen LogP contribution in [0.5, 0.6) is 0 Å². The van der Waals surface area contributed by atoms with Crippen molar-refractivity contribution < 1.29 is 13.6 Å². The van der Waals surface area contributed by atoms with Crippen LogP contribution < -0.4 is 0 Å². The predicted octanol–water partition coefficient (Wildman–Crippen LogP) is 2.69. The normalized spacial score (nSPS) is 25.5. The third-order valence-corrected chi connectivity index (χ3v) is 4.94. The van der Waals surface area contributed by atoms with E-state index >= 15 is 0 Å². The molecular weight excluding hydrogens is 268 g/mol. The van der Waals surface area contributed by atoms with Crippen LogP contribution in [0.2, 0.25) is 0 Å². The Morgan fingerprint density at radius 2 is 2.26 bits per heavy atom. The highest BCUT2D eigenvalue weighted by atomic mass is 32.2. The summed E-state index contributed by atoms with van der Waals surface area (Å²) in [5.41, 5.74) is 0.104. The van der Waals surface area contributed by atoms with Crippen LogP contribution in [-0.4, -0.2) is 34.4 Å². The molecule has 2 atom stereocenters. The third kappa shape index (κ3) is 2.52. The summed E-state index contributed by atoms with van der Waals surface area (Å²) in [6.45, 7) is 0.768. The maximum Gasteiger partial charge on any atom is 0.246 e. The summed E-state index contributed by atoms with van der Waals surface area (Å²) in [6, 6.07) is 3.52. The summed E-state index contributed by atoms with van der Waals surface area (Å²) < 4.78 is 26.4. The summed E-state index contributed by atoms with van der Waals surface area (Å²) in [5, 5.41) is 0.549. The van der Waals surface area contributed by atoms with Crippen LogP contribution in [0, 0.1) is 11.6 Å². The van der Waals surface area contributed by atoms with Gasteiger partial charge in [0.2, 0.25) is 5.91 Å². The van der Waals surface area contributed by atoms with Crippen molar-refractivity contribution in [1.82, 2.24) is 4.90 Å². The molecule has 0 aromatic heterocycles. The van der Waals surface area contributed by atoms with Gasteiger partial charge < -0.3 is 4.90 Å². The second-order valence-electron chi connectivity index (χ2n) is 4.83. The molecule has 1 aromatic carbocycles. The number of hydrogen-bond donors (Lipinski definition) is 0. The monoisotopic (exact) mass is 281 g/mol. The summed E-state index contributed by atoms with van der Waals surface area (Å²) in [5.74, 6) is -0.163. The Balaban J connectivity index is 1.72. The fraction of sp³-hybridized carbons (Fsp3) is 0.357. The van der Waals surface area contributed by atoms with E-state index < -0.39 is 11.6 Å². The van der Waals surface area contributed by atoms with Gasteiger partial charge in [0.1, 0.15) is 11.6 Å². The van der Waals surface area contributed by atoms with Crippen molar-refractivity contribution in [2.45, 2.75) is 17.7 Å². The Kier molecular flexibility index (Phi) is 3.31. The number of carbonyl (C=O) groups excluding carboxylic acids is 1. The number of nitrogens with zero attached hydrogens (tertiary/aromatic N) is 1. The van der Waals surface area contributed by atoms with E-state index in [9.17, 15) is 13.6 Å². The lowest BCUT2D eigenvalue weighted by Gasteiger charge is -2.25. The Labute approximate surface area is 114 Å². The van der Waals surface area contributed by atoms with Crippen LogP contribution in [0.4, 0.5) is 8.78 Å². The zero-order chi connectivity index (χ0) is 13.4. The van der Waals surface area contributed by atoms with E-state index in [1.54, 1.807) is 0 Å². The topological polar surface area (TPSA) is 20.3 Å². The van der Waals surface area contributed by atoms with Crippen LogP contribution in [-0.2, 0) is 4.79 Å². The van der Waals surface area contributed by atoms with E-state index in [1.165, 1.54) is 12.2 Å². The van der Waals surface area contributed by atoms with E-state index in [2.05, 4.69) is 0 Å². The van der Waals surface area contributed by atoms with E-state index in [4.69, 9.17) is 0 Å². The predicted molar refractivity (Wildman–Crippen MR) is 71.8 cm³/mol. The Hall–Kier alpha value is -1.36. The van der Waals surface area contributed by atoms with Gasteiger partial charge in [0, 0.05) is 35.2 Å². The van der Waals surface area contributed by atoms with Crippen LogP contribution in [0.1, 0.15) is 12.0 Å². The van der Waals surface area contributed by atoms with Gasteiger partial charge in [-0.3, -0.25) is 4.79 Å². The van der Waals surface area contributed by atoms with Gasteiger partial charge in [0.05, 0.1) is 0 Å². The zero-order valence-electron chi connectivity index (χ0n) is 10.2. The van der Waals surface area contributed by atoms with Crippen molar-refractivity contribution in [3.63, 3.8) is 0 Å². The molecule has 2 fully saturated rings. The van der Waals surface area contributed by atoms with E-state index in [1.807, 2.05) is 16.7 Å². The van der Waals surface area contributed by atoms with Gasteiger partial charge in [-0.2, -0.15) is 11.8 Å². The average molecular weight is 281 g/mol. The molecule has 2 bridgehead atoms. The minimum Gasteiger partial charge on any atom is -0.334 e. The van der Waals surface area contributed by atoms with E-state index in [0.717, 1.165) is 36.9 Å². The minimum atomic E-state index is -0.524. The number of carbonyl (C=O) groups is 1. The molecule has 0 radical (unpaired) electrons. The molecule has 0 aliphatic carbocycles. The molecule has 2 unspecified atom stereocenters.